The molecular formula is C22H24N2O4. The van der Waals surface area contributed by atoms with E-state index in [-0.39, 0.29) is 24.8 Å². The van der Waals surface area contributed by atoms with Crippen molar-refractivity contribution in [2.24, 2.45) is 4.99 Å². The lowest BCUT2D eigenvalue weighted by Crippen LogP contribution is -2.33. The molecule has 0 saturated heterocycles. The van der Waals surface area contributed by atoms with Crippen LogP contribution in [0.2, 0.25) is 0 Å². The molecular weight excluding hydrogens is 356 g/mol. The molecule has 2 aromatic carbocycles. The third-order valence-corrected chi connectivity index (χ3v) is 4.91. The van der Waals surface area contributed by atoms with Crippen molar-refractivity contribution in [1.82, 2.24) is 5.32 Å². The summed E-state index contributed by atoms with van der Waals surface area (Å²) in [5, 5.41) is 2.83. The molecule has 0 spiro atoms. The van der Waals surface area contributed by atoms with Gasteiger partial charge in [0.25, 0.3) is 11.9 Å². The molecule has 0 radical (unpaired) electrons. The van der Waals surface area contributed by atoms with E-state index in [0.717, 1.165) is 25.7 Å². The molecule has 1 amide bonds. The van der Waals surface area contributed by atoms with Crippen LogP contribution >= 0.6 is 0 Å². The Morgan fingerprint density at radius 2 is 2.07 bits per heavy atom. The van der Waals surface area contributed by atoms with Crippen LogP contribution in [0, 0.1) is 0 Å². The van der Waals surface area contributed by atoms with Crippen molar-refractivity contribution < 1.29 is 19.0 Å². The first kappa shape index (κ1) is 18.3. The van der Waals surface area contributed by atoms with Gasteiger partial charge in [-0.2, -0.15) is 0 Å². The molecule has 6 nitrogen and oxygen atoms in total. The van der Waals surface area contributed by atoms with E-state index in [9.17, 15) is 4.79 Å². The minimum absolute atomic E-state index is 0.00569. The van der Waals surface area contributed by atoms with Gasteiger partial charge in [-0.15, -0.1) is 0 Å². The summed E-state index contributed by atoms with van der Waals surface area (Å²) >= 11 is 0. The molecule has 1 N–H and O–H groups in total. The van der Waals surface area contributed by atoms with Gasteiger partial charge in [-0.1, -0.05) is 31.2 Å². The van der Waals surface area contributed by atoms with Crippen molar-refractivity contribution in [1.29, 1.82) is 0 Å². The molecule has 1 heterocycles. The lowest BCUT2D eigenvalue weighted by molar-refractivity contribution is 0.0964. The number of ether oxygens (including phenoxy) is 3. The summed E-state index contributed by atoms with van der Waals surface area (Å²) in [6.07, 6.45) is 3.91. The summed E-state index contributed by atoms with van der Waals surface area (Å²) in [4.78, 5) is 17.5. The highest BCUT2D eigenvalue weighted by Crippen LogP contribution is 2.33. The Hall–Kier alpha value is -3.02. The van der Waals surface area contributed by atoms with Gasteiger partial charge < -0.3 is 14.2 Å². The first-order valence-electron chi connectivity index (χ1n) is 9.74. The maximum Gasteiger partial charge on any atom is 0.292 e. The van der Waals surface area contributed by atoms with Crippen LogP contribution in [-0.2, 0) is 11.2 Å². The van der Waals surface area contributed by atoms with Gasteiger partial charge in [-0.05, 0) is 55.0 Å². The Labute approximate surface area is 164 Å². The highest BCUT2D eigenvalue weighted by Gasteiger charge is 2.22. The molecule has 146 valence electrons. The van der Waals surface area contributed by atoms with E-state index in [1.165, 1.54) is 11.1 Å². The molecule has 4 rings (SSSR count). The van der Waals surface area contributed by atoms with Gasteiger partial charge in [-0.25, -0.2) is 4.99 Å². The molecule has 0 saturated carbocycles. The topological polar surface area (TPSA) is 69.2 Å². The first-order chi connectivity index (χ1) is 13.7. The zero-order valence-corrected chi connectivity index (χ0v) is 15.9. The first-order valence-corrected chi connectivity index (χ1v) is 9.74. The molecule has 28 heavy (non-hydrogen) atoms. The molecule has 0 aromatic heterocycles. The standard InChI is InChI=1S/C22H24N2O4/c1-2-12-26-22(23-18-9-5-7-15-6-3-4-8-17(15)18)24-21(25)16-10-11-19-20(13-16)28-14-27-19/h3-4,6,8,10-11,13,18H,2,5,7,9,12,14H2,1H3,(H,23,24,25). The van der Waals surface area contributed by atoms with Gasteiger partial charge in [-0.3, -0.25) is 10.1 Å². The number of amides is 1. The number of carbonyl (C=O) groups is 1. The highest BCUT2D eigenvalue weighted by molar-refractivity contribution is 6.04. The third kappa shape index (κ3) is 3.96. The molecule has 6 heteroatoms. The van der Waals surface area contributed by atoms with E-state index in [2.05, 4.69) is 23.5 Å². The number of hydrogen-bond acceptors (Lipinski definition) is 5. The number of fused-ring (bicyclic) bond motifs is 2. The van der Waals surface area contributed by atoms with Gasteiger partial charge >= 0.3 is 0 Å². The van der Waals surface area contributed by atoms with E-state index in [4.69, 9.17) is 19.2 Å². The van der Waals surface area contributed by atoms with Crippen LogP contribution in [0.1, 0.15) is 53.7 Å². The number of benzene rings is 2. The molecule has 1 aliphatic heterocycles. The molecule has 1 aliphatic carbocycles. The van der Waals surface area contributed by atoms with Gasteiger partial charge in [0.2, 0.25) is 6.79 Å². The zero-order chi connectivity index (χ0) is 19.3. The van der Waals surface area contributed by atoms with Crippen molar-refractivity contribution in [3.05, 3.63) is 59.2 Å². The van der Waals surface area contributed by atoms with Gasteiger partial charge in [0, 0.05) is 5.56 Å². The molecule has 2 aromatic rings. The Bertz CT molecular complexity index is 894. The molecule has 2 aliphatic rings. The van der Waals surface area contributed by atoms with Gasteiger partial charge in [0.05, 0.1) is 12.6 Å². The second-order valence-electron chi connectivity index (χ2n) is 6.91. The van der Waals surface area contributed by atoms with E-state index in [1.54, 1.807) is 18.2 Å². The monoisotopic (exact) mass is 380 g/mol. The van der Waals surface area contributed by atoms with Crippen molar-refractivity contribution in [2.75, 3.05) is 13.4 Å². The molecule has 1 unspecified atom stereocenters. The van der Waals surface area contributed by atoms with Crippen LogP contribution < -0.4 is 14.8 Å². The summed E-state index contributed by atoms with van der Waals surface area (Å²) < 4.78 is 16.4. The fourth-order valence-corrected chi connectivity index (χ4v) is 3.52. The van der Waals surface area contributed by atoms with E-state index in [1.807, 2.05) is 13.0 Å². The van der Waals surface area contributed by atoms with Crippen LogP contribution in [0.15, 0.2) is 47.5 Å². The quantitative estimate of drug-likeness (QED) is 0.643. The number of aliphatic imine (C=N–C) groups is 1. The van der Waals surface area contributed by atoms with Crippen LogP contribution in [0.3, 0.4) is 0 Å². The number of hydrogen-bond donors (Lipinski definition) is 1. The van der Waals surface area contributed by atoms with Crippen LogP contribution in [0.5, 0.6) is 11.5 Å². The number of carbonyl (C=O) groups excluding carboxylic acids is 1. The SMILES string of the molecule is CCCOC(=NC1CCCc2ccccc21)NC(=O)c1ccc2c(c1)OCO2. The maximum atomic E-state index is 12.7. The highest BCUT2D eigenvalue weighted by atomic mass is 16.7. The Morgan fingerprint density at radius 3 is 2.96 bits per heavy atom. The van der Waals surface area contributed by atoms with E-state index in [0.29, 0.717) is 23.7 Å². The van der Waals surface area contributed by atoms with Crippen LogP contribution in [-0.4, -0.2) is 25.3 Å². The summed E-state index contributed by atoms with van der Waals surface area (Å²) in [5.41, 5.74) is 3.00. The number of aryl methyl sites for hydroxylation is 1. The minimum Gasteiger partial charge on any atom is -0.465 e. The lowest BCUT2D eigenvalue weighted by atomic mass is 9.88. The average molecular weight is 380 g/mol. The number of rotatable bonds is 4. The molecule has 1 atom stereocenters. The summed E-state index contributed by atoms with van der Waals surface area (Å²) in [7, 11) is 0. The minimum atomic E-state index is -0.280. The number of amidine groups is 1. The largest absolute Gasteiger partial charge is 0.465 e. The third-order valence-electron chi connectivity index (χ3n) is 4.91. The zero-order valence-electron chi connectivity index (χ0n) is 15.9. The normalized spacial score (nSPS) is 17.8. The Balaban J connectivity index is 1.55. The fourth-order valence-electron chi connectivity index (χ4n) is 3.52. The molecule has 0 fully saturated rings. The van der Waals surface area contributed by atoms with Gasteiger partial charge in [0.1, 0.15) is 0 Å². The van der Waals surface area contributed by atoms with E-state index >= 15 is 0 Å². The Kier molecular flexibility index (Phi) is 5.46. The fraction of sp³-hybridized carbons (Fsp3) is 0.364. The van der Waals surface area contributed by atoms with E-state index < -0.39 is 0 Å². The summed E-state index contributed by atoms with van der Waals surface area (Å²) in [6.45, 7) is 2.69. The maximum absolute atomic E-state index is 12.7. The smallest absolute Gasteiger partial charge is 0.292 e. The van der Waals surface area contributed by atoms with Gasteiger partial charge in [0.15, 0.2) is 11.5 Å². The number of nitrogens with zero attached hydrogens (tertiary/aromatic N) is 1. The second kappa shape index (κ2) is 8.33. The molecule has 0 bridgehead atoms. The predicted molar refractivity (Wildman–Crippen MR) is 106 cm³/mol. The summed E-state index contributed by atoms with van der Waals surface area (Å²) in [5.74, 6) is 0.936. The van der Waals surface area contributed by atoms with Crippen molar-refractivity contribution in [3.63, 3.8) is 0 Å². The Morgan fingerprint density at radius 1 is 1.21 bits per heavy atom. The van der Waals surface area contributed by atoms with Crippen LogP contribution in [0.4, 0.5) is 0 Å². The average Bonchev–Trinajstić information content (AvgIpc) is 3.20. The number of nitrogens with one attached hydrogen (secondary N) is 1. The van der Waals surface area contributed by atoms with Crippen molar-refractivity contribution in [3.8, 4) is 11.5 Å². The summed E-state index contributed by atoms with van der Waals surface area (Å²) in [6, 6.07) is 13.7. The van der Waals surface area contributed by atoms with Crippen molar-refractivity contribution in [2.45, 2.75) is 38.6 Å². The van der Waals surface area contributed by atoms with Crippen LogP contribution in [0.25, 0.3) is 0 Å². The lowest BCUT2D eigenvalue weighted by Gasteiger charge is -2.23. The van der Waals surface area contributed by atoms with Crippen molar-refractivity contribution >= 4 is 11.9 Å². The second-order valence-corrected chi connectivity index (χ2v) is 6.91. The predicted octanol–water partition coefficient (Wildman–Crippen LogP) is 4.01.